The number of piperidine rings is 1. The largest absolute Gasteiger partial charge is 0.490 e. The van der Waals surface area contributed by atoms with Crippen molar-refractivity contribution in [1.82, 2.24) is 10.2 Å². The molecule has 2 aromatic carbocycles. The van der Waals surface area contributed by atoms with E-state index in [0.717, 1.165) is 25.0 Å². The maximum Gasteiger partial charge on any atom is 0.251 e. The van der Waals surface area contributed by atoms with Gasteiger partial charge in [0, 0.05) is 45.1 Å². The van der Waals surface area contributed by atoms with E-state index in [9.17, 15) is 9.59 Å². The van der Waals surface area contributed by atoms with Crippen LogP contribution in [0.25, 0.3) is 0 Å². The summed E-state index contributed by atoms with van der Waals surface area (Å²) >= 11 is 0. The first kappa shape index (κ1) is 21.8. The summed E-state index contributed by atoms with van der Waals surface area (Å²) in [5.41, 5.74) is 3.06. The molecule has 160 valence electrons. The first-order valence-electron chi connectivity index (χ1n) is 10.4. The Labute approximate surface area is 178 Å². The van der Waals surface area contributed by atoms with Gasteiger partial charge >= 0.3 is 0 Å². The van der Waals surface area contributed by atoms with Gasteiger partial charge in [0.15, 0.2) is 0 Å². The zero-order valence-corrected chi connectivity index (χ0v) is 17.7. The van der Waals surface area contributed by atoms with Gasteiger partial charge in [0.05, 0.1) is 0 Å². The van der Waals surface area contributed by atoms with Crippen molar-refractivity contribution in [2.75, 3.05) is 33.4 Å². The third-order valence-electron chi connectivity index (χ3n) is 5.30. The molecular formula is C24H30N2O4. The Morgan fingerprint density at radius 1 is 1.03 bits per heavy atom. The van der Waals surface area contributed by atoms with Crippen LogP contribution in [0.5, 0.6) is 5.75 Å². The molecule has 0 bridgehead atoms. The molecule has 0 radical (unpaired) electrons. The summed E-state index contributed by atoms with van der Waals surface area (Å²) in [6.07, 6.45) is 2.46. The van der Waals surface area contributed by atoms with Crippen molar-refractivity contribution >= 4 is 11.8 Å². The Bertz CT molecular complexity index is 825. The SMILES string of the molecule is COCC(=O)N1CCC(Oc2ccc(C(=O)NCCc3ccc(C)cc3)cc2)CC1. The number of amides is 2. The van der Waals surface area contributed by atoms with Crippen LogP contribution in [0.3, 0.4) is 0 Å². The molecule has 1 aliphatic heterocycles. The number of carbonyl (C=O) groups is 2. The molecule has 0 aliphatic carbocycles. The molecule has 6 nitrogen and oxygen atoms in total. The Morgan fingerprint density at radius 2 is 1.70 bits per heavy atom. The fourth-order valence-corrected chi connectivity index (χ4v) is 3.49. The maximum absolute atomic E-state index is 12.3. The number of benzene rings is 2. The van der Waals surface area contributed by atoms with Crippen molar-refractivity contribution in [2.45, 2.75) is 32.3 Å². The van der Waals surface area contributed by atoms with Crippen LogP contribution in [-0.4, -0.2) is 56.2 Å². The smallest absolute Gasteiger partial charge is 0.251 e. The van der Waals surface area contributed by atoms with Gasteiger partial charge in [0.2, 0.25) is 5.91 Å². The minimum Gasteiger partial charge on any atom is -0.490 e. The van der Waals surface area contributed by atoms with E-state index in [2.05, 4.69) is 36.5 Å². The second-order valence-corrected chi connectivity index (χ2v) is 7.65. The molecule has 0 atom stereocenters. The van der Waals surface area contributed by atoms with Crippen molar-refractivity contribution in [2.24, 2.45) is 0 Å². The van der Waals surface area contributed by atoms with Gasteiger partial charge in [0.25, 0.3) is 5.91 Å². The number of nitrogens with one attached hydrogen (secondary N) is 1. The van der Waals surface area contributed by atoms with Crippen LogP contribution in [0.15, 0.2) is 48.5 Å². The van der Waals surface area contributed by atoms with Crippen LogP contribution in [0.1, 0.15) is 34.3 Å². The lowest BCUT2D eigenvalue weighted by molar-refractivity contribution is -0.136. The lowest BCUT2D eigenvalue weighted by Crippen LogP contribution is -2.43. The lowest BCUT2D eigenvalue weighted by Gasteiger charge is -2.32. The Morgan fingerprint density at radius 3 is 2.33 bits per heavy atom. The van der Waals surface area contributed by atoms with Crippen LogP contribution in [0, 0.1) is 6.92 Å². The van der Waals surface area contributed by atoms with E-state index in [1.54, 1.807) is 12.1 Å². The predicted molar refractivity (Wildman–Crippen MR) is 116 cm³/mol. The molecule has 0 unspecified atom stereocenters. The Hall–Kier alpha value is -2.86. The molecule has 3 rings (SSSR count). The zero-order valence-electron chi connectivity index (χ0n) is 17.7. The van der Waals surface area contributed by atoms with Gasteiger partial charge < -0.3 is 19.7 Å². The number of hydrogen-bond donors (Lipinski definition) is 1. The molecule has 1 heterocycles. The van der Waals surface area contributed by atoms with E-state index in [-0.39, 0.29) is 24.5 Å². The van der Waals surface area contributed by atoms with Crippen molar-refractivity contribution in [3.8, 4) is 5.75 Å². The molecule has 1 N–H and O–H groups in total. The molecule has 6 heteroatoms. The van der Waals surface area contributed by atoms with E-state index in [0.29, 0.717) is 25.2 Å². The van der Waals surface area contributed by atoms with E-state index >= 15 is 0 Å². The molecule has 1 fully saturated rings. The maximum atomic E-state index is 12.3. The first-order chi connectivity index (χ1) is 14.5. The van der Waals surface area contributed by atoms with Crippen molar-refractivity contribution < 1.29 is 19.1 Å². The highest BCUT2D eigenvalue weighted by molar-refractivity contribution is 5.94. The molecule has 0 saturated carbocycles. The van der Waals surface area contributed by atoms with Gasteiger partial charge in [0.1, 0.15) is 18.5 Å². The molecule has 30 heavy (non-hydrogen) atoms. The summed E-state index contributed by atoms with van der Waals surface area (Å²) in [4.78, 5) is 26.0. The molecule has 1 aliphatic rings. The Kier molecular flexibility index (Phi) is 7.85. The summed E-state index contributed by atoms with van der Waals surface area (Å²) in [6, 6.07) is 15.6. The predicted octanol–water partition coefficient (Wildman–Crippen LogP) is 2.98. The van der Waals surface area contributed by atoms with Crippen LogP contribution >= 0.6 is 0 Å². The monoisotopic (exact) mass is 410 g/mol. The second kappa shape index (κ2) is 10.8. The van der Waals surface area contributed by atoms with E-state index < -0.39 is 0 Å². The van der Waals surface area contributed by atoms with Crippen molar-refractivity contribution in [3.05, 3.63) is 65.2 Å². The van der Waals surface area contributed by atoms with Gasteiger partial charge in [-0.25, -0.2) is 0 Å². The highest BCUT2D eigenvalue weighted by Gasteiger charge is 2.23. The number of rotatable bonds is 8. The number of likely N-dealkylation sites (tertiary alicyclic amines) is 1. The molecular weight excluding hydrogens is 380 g/mol. The normalized spacial score (nSPS) is 14.4. The third kappa shape index (κ3) is 6.32. The average Bonchev–Trinajstić information content (AvgIpc) is 2.76. The lowest BCUT2D eigenvalue weighted by atomic mass is 10.1. The molecule has 2 amide bonds. The quantitative estimate of drug-likeness (QED) is 0.727. The fourth-order valence-electron chi connectivity index (χ4n) is 3.49. The van der Waals surface area contributed by atoms with Crippen molar-refractivity contribution in [3.63, 3.8) is 0 Å². The number of nitrogens with zero attached hydrogens (tertiary/aromatic N) is 1. The summed E-state index contributed by atoms with van der Waals surface area (Å²) in [5.74, 6) is 0.681. The van der Waals surface area contributed by atoms with Crippen LogP contribution in [-0.2, 0) is 16.0 Å². The van der Waals surface area contributed by atoms with E-state index in [1.165, 1.54) is 18.2 Å². The van der Waals surface area contributed by atoms with Crippen LogP contribution in [0.2, 0.25) is 0 Å². The number of ether oxygens (including phenoxy) is 2. The molecule has 0 spiro atoms. The highest BCUT2D eigenvalue weighted by atomic mass is 16.5. The minimum atomic E-state index is -0.0846. The minimum absolute atomic E-state index is 0.0219. The zero-order chi connectivity index (χ0) is 21.3. The molecule has 1 saturated heterocycles. The van der Waals surface area contributed by atoms with Gasteiger partial charge in [-0.1, -0.05) is 29.8 Å². The van der Waals surface area contributed by atoms with E-state index in [4.69, 9.17) is 9.47 Å². The van der Waals surface area contributed by atoms with Gasteiger partial charge in [-0.15, -0.1) is 0 Å². The first-order valence-corrected chi connectivity index (χ1v) is 10.4. The van der Waals surface area contributed by atoms with Crippen molar-refractivity contribution in [1.29, 1.82) is 0 Å². The number of carbonyl (C=O) groups excluding carboxylic acids is 2. The number of hydrogen-bond acceptors (Lipinski definition) is 4. The van der Waals surface area contributed by atoms with E-state index in [1.807, 2.05) is 17.0 Å². The topological polar surface area (TPSA) is 67.9 Å². The molecule has 2 aromatic rings. The highest BCUT2D eigenvalue weighted by Crippen LogP contribution is 2.20. The Balaban J connectivity index is 1.41. The van der Waals surface area contributed by atoms with Crippen LogP contribution < -0.4 is 10.1 Å². The van der Waals surface area contributed by atoms with Gasteiger partial charge in [-0.05, 0) is 43.2 Å². The van der Waals surface area contributed by atoms with Gasteiger partial charge in [-0.3, -0.25) is 9.59 Å². The summed E-state index contributed by atoms with van der Waals surface area (Å²) in [7, 11) is 1.53. The van der Waals surface area contributed by atoms with Gasteiger partial charge in [-0.2, -0.15) is 0 Å². The third-order valence-corrected chi connectivity index (χ3v) is 5.30. The fraction of sp³-hybridized carbons (Fsp3) is 0.417. The summed E-state index contributed by atoms with van der Waals surface area (Å²) in [5, 5.41) is 2.96. The standard InChI is InChI=1S/C24H30N2O4/c1-18-3-5-19(6-4-18)11-14-25-24(28)20-7-9-21(10-8-20)30-22-12-15-26(16-13-22)23(27)17-29-2/h3-10,22H,11-17H2,1-2H3,(H,25,28). The second-order valence-electron chi connectivity index (χ2n) is 7.65. The number of aryl methyl sites for hydroxylation is 1. The average molecular weight is 411 g/mol. The summed E-state index contributed by atoms with van der Waals surface area (Å²) in [6.45, 7) is 4.13. The number of methoxy groups -OCH3 is 1. The van der Waals surface area contributed by atoms with Crippen LogP contribution in [0.4, 0.5) is 0 Å². The summed E-state index contributed by atoms with van der Waals surface area (Å²) < 4.78 is 10.9. The molecule has 0 aromatic heterocycles.